The highest BCUT2D eigenvalue weighted by Gasteiger charge is 2.41. The summed E-state index contributed by atoms with van der Waals surface area (Å²) in [6.07, 6.45) is 0. The van der Waals surface area contributed by atoms with Gasteiger partial charge in [-0.15, -0.1) is 11.3 Å². The summed E-state index contributed by atoms with van der Waals surface area (Å²) < 4.78 is 13.6. The smallest absolute Gasteiger partial charge is 0.282 e. The minimum Gasteiger partial charge on any atom is -0.350 e. The van der Waals surface area contributed by atoms with Gasteiger partial charge in [0.1, 0.15) is 11.5 Å². The molecule has 1 aliphatic heterocycles. The molecular formula is C21H14ClFN2O2S. The summed E-state index contributed by atoms with van der Waals surface area (Å²) in [5.74, 6) is -1.37. The average Bonchev–Trinajstić information content (AvgIpc) is 3.24. The number of nitrogens with zero attached hydrogens (tertiary/aromatic N) is 1. The van der Waals surface area contributed by atoms with E-state index in [4.69, 9.17) is 11.6 Å². The molecule has 0 unspecified atom stereocenters. The van der Waals surface area contributed by atoms with Crippen molar-refractivity contribution in [3.05, 3.63) is 87.0 Å². The third kappa shape index (κ3) is 3.21. The molecule has 1 N–H and O–H groups in total. The molecule has 4 nitrogen and oxygen atoms in total. The van der Waals surface area contributed by atoms with Crippen molar-refractivity contribution in [3.63, 3.8) is 0 Å². The molecule has 2 heterocycles. The lowest BCUT2D eigenvalue weighted by molar-refractivity contribution is -0.120. The monoisotopic (exact) mass is 412 g/mol. The molecule has 140 valence electrons. The number of carbonyl (C=O) groups excluding carboxylic acids is 2. The van der Waals surface area contributed by atoms with Crippen molar-refractivity contribution in [2.75, 3.05) is 10.2 Å². The van der Waals surface area contributed by atoms with Crippen molar-refractivity contribution < 1.29 is 14.0 Å². The van der Waals surface area contributed by atoms with Crippen LogP contribution < -0.4 is 10.2 Å². The van der Waals surface area contributed by atoms with E-state index in [9.17, 15) is 14.0 Å². The van der Waals surface area contributed by atoms with Crippen LogP contribution >= 0.6 is 22.9 Å². The van der Waals surface area contributed by atoms with Gasteiger partial charge in [0.2, 0.25) is 0 Å². The van der Waals surface area contributed by atoms with Crippen LogP contribution in [0.5, 0.6) is 0 Å². The number of thiophene rings is 1. The fourth-order valence-electron chi connectivity index (χ4n) is 3.09. The number of imide groups is 1. The van der Waals surface area contributed by atoms with Gasteiger partial charge in [-0.25, -0.2) is 9.29 Å². The number of amides is 2. The zero-order valence-electron chi connectivity index (χ0n) is 14.7. The molecule has 2 amide bonds. The number of nitrogens with one attached hydrogen (secondary N) is 1. The molecule has 1 aliphatic rings. The van der Waals surface area contributed by atoms with Crippen molar-refractivity contribution in [2.45, 2.75) is 6.92 Å². The Balaban J connectivity index is 1.82. The number of benzene rings is 2. The summed E-state index contributed by atoms with van der Waals surface area (Å²) in [6.45, 7) is 1.78. The number of hydrogen-bond acceptors (Lipinski definition) is 4. The van der Waals surface area contributed by atoms with Crippen LogP contribution in [-0.4, -0.2) is 11.8 Å². The van der Waals surface area contributed by atoms with E-state index in [0.717, 1.165) is 4.90 Å². The van der Waals surface area contributed by atoms with Gasteiger partial charge in [-0.05, 0) is 60.3 Å². The van der Waals surface area contributed by atoms with Gasteiger partial charge in [0.15, 0.2) is 0 Å². The maximum atomic E-state index is 13.6. The molecule has 0 spiro atoms. The summed E-state index contributed by atoms with van der Waals surface area (Å²) in [6, 6.07) is 14.3. The van der Waals surface area contributed by atoms with Crippen LogP contribution in [0.4, 0.5) is 15.8 Å². The van der Waals surface area contributed by atoms with Gasteiger partial charge in [-0.2, -0.15) is 0 Å². The van der Waals surface area contributed by atoms with Crippen LogP contribution in [0.2, 0.25) is 5.02 Å². The Morgan fingerprint density at radius 1 is 1.04 bits per heavy atom. The Labute approximate surface area is 169 Å². The highest BCUT2D eigenvalue weighted by molar-refractivity contribution is 7.11. The van der Waals surface area contributed by atoms with Crippen molar-refractivity contribution in [1.82, 2.24) is 0 Å². The Kier molecular flexibility index (Phi) is 4.75. The first-order chi connectivity index (χ1) is 13.5. The average molecular weight is 413 g/mol. The van der Waals surface area contributed by atoms with Gasteiger partial charge in [0.25, 0.3) is 11.8 Å². The number of anilines is 2. The van der Waals surface area contributed by atoms with Crippen LogP contribution in [-0.2, 0) is 9.59 Å². The van der Waals surface area contributed by atoms with E-state index in [2.05, 4.69) is 5.32 Å². The molecule has 28 heavy (non-hydrogen) atoms. The van der Waals surface area contributed by atoms with Gasteiger partial charge in [-0.1, -0.05) is 23.7 Å². The molecule has 0 bridgehead atoms. The minimum absolute atomic E-state index is 0.118. The van der Waals surface area contributed by atoms with E-state index in [-0.39, 0.29) is 11.3 Å². The second-order valence-corrected chi connectivity index (χ2v) is 7.62. The Bertz CT molecular complexity index is 1130. The maximum Gasteiger partial charge on any atom is 0.282 e. The third-order valence-corrected chi connectivity index (χ3v) is 5.47. The van der Waals surface area contributed by atoms with Gasteiger partial charge in [-0.3, -0.25) is 9.59 Å². The minimum atomic E-state index is -0.497. The fraction of sp³-hybridized carbons (Fsp3) is 0.0476. The third-order valence-electron chi connectivity index (χ3n) is 4.35. The Morgan fingerprint density at radius 3 is 2.54 bits per heavy atom. The van der Waals surface area contributed by atoms with Gasteiger partial charge < -0.3 is 5.32 Å². The van der Waals surface area contributed by atoms with Crippen LogP contribution in [0.15, 0.2) is 65.7 Å². The summed E-state index contributed by atoms with van der Waals surface area (Å²) in [7, 11) is 0. The Morgan fingerprint density at radius 2 is 1.86 bits per heavy atom. The second-order valence-electron chi connectivity index (χ2n) is 6.24. The van der Waals surface area contributed by atoms with E-state index >= 15 is 0 Å². The van der Waals surface area contributed by atoms with E-state index in [1.54, 1.807) is 43.3 Å². The highest BCUT2D eigenvalue weighted by Crippen LogP contribution is 2.37. The number of rotatable bonds is 4. The van der Waals surface area contributed by atoms with Crippen LogP contribution in [0.3, 0.4) is 0 Å². The topological polar surface area (TPSA) is 49.4 Å². The van der Waals surface area contributed by atoms with Gasteiger partial charge >= 0.3 is 0 Å². The quantitative estimate of drug-likeness (QED) is 0.596. The largest absolute Gasteiger partial charge is 0.350 e. The molecule has 0 atom stereocenters. The van der Waals surface area contributed by atoms with Gasteiger partial charge in [0.05, 0.1) is 11.3 Å². The number of hydrogen-bond donors (Lipinski definition) is 1. The summed E-state index contributed by atoms with van der Waals surface area (Å²) in [5, 5.41) is 5.29. The normalized spacial score (nSPS) is 14.2. The lowest BCUT2D eigenvalue weighted by atomic mass is 10.1. The summed E-state index contributed by atoms with van der Waals surface area (Å²) in [4.78, 5) is 28.2. The van der Waals surface area contributed by atoms with Crippen molar-refractivity contribution in [1.29, 1.82) is 0 Å². The van der Waals surface area contributed by atoms with Crippen molar-refractivity contribution >= 4 is 51.7 Å². The molecule has 2 aromatic carbocycles. The lowest BCUT2D eigenvalue weighted by Crippen LogP contribution is -2.33. The summed E-state index contributed by atoms with van der Waals surface area (Å²) >= 11 is 7.37. The predicted molar refractivity (Wildman–Crippen MR) is 110 cm³/mol. The molecule has 1 aromatic heterocycles. The van der Waals surface area contributed by atoms with E-state index in [1.807, 2.05) is 5.38 Å². The van der Waals surface area contributed by atoms with Crippen molar-refractivity contribution in [3.8, 4) is 0 Å². The molecule has 0 radical (unpaired) electrons. The van der Waals surface area contributed by atoms with E-state index in [1.165, 1.54) is 29.5 Å². The predicted octanol–water partition coefficient (Wildman–Crippen LogP) is 5.25. The zero-order chi connectivity index (χ0) is 19.8. The molecule has 4 rings (SSSR count). The fourth-order valence-corrected chi connectivity index (χ4v) is 4.09. The van der Waals surface area contributed by atoms with Crippen LogP contribution in [0.25, 0.3) is 5.57 Å². The first kappa shape index (κ1) is 18.4. The van der Waals surface area contributed by atoms with Crippen molar-refractivity contribution in [2.24, 2.45) is 0 Å². The molecule has 0 saturated heterocycles. The number of carbonyl (C=O) groups is 2. The SMILES string of the molecule is Cc1cc(Cl)ccc1N1C(=O)C(Nc2cccc(F)c2)=C(c2cccs2)C1=O. The van der Waals surface area contributed by atoms with Crippen LogP contribution in [0.1, 0.15) is 10.4 Å². The standard InChI is InChI=1S/C21H14ClFN2O2S/c1-12-10-13(22)7-8-16(12)25-20(26)18(17-6-3-9-28-17)19(21(25)27)24-15-5-2-4-14(23)11-15/h2-11,24H,1H3. The lowest BCUT2D eigenvalue weighted by Gasteiger charge is -2.18. The highest BCUT2D eigenvalue weighted by atomic mass is 35.5. The first-order valence-corrected chi connectivity index (χ1v) is 9.67. The second kappa shape index (κ2) is 7.22. The molecule has 0 saturated carbocycles. The zero-order valence-corrected chi connectivity index (χ0v) is 16.3. The van der Waals surface area contributed by atoms with Crippen LogP contribution in [0, 0.1) is 12.7 Å². The van der Waals surface area contributed by atoms with E-state index < -0.39 is 17.6 Å². The summed E-state index contributed by atoms with van der Waals surface area (Å²) in [5.41, 5.74) is 1.93. The molecule has 3 aromatic rings. The molecule has 0 fully saturated rings. The van der Waals surface area contributed by atoms with E-state index in [0.29, 0.717) is 26.8 Å². The Hall–Kier alpha value is -2.96. The van der Waals surface area contributed by atoms with Gasteiger partial charge in [0, 0.05) is 15.6 Å². The number of halogens is 2. The first-order valence-electron chi connectivity index (χ1n) is 8.41. The molecule has 7 heteroatoms. The maximum absolute atomic E-state index is 13.6. The molecule has 0 aliphatic carbocycles. The number of aryl methyl sites for hydroxylation is 1. The molecular weight excluding hydrogens is 399 g/mol.